The number of carbonyl (C=O) groups excluding carboxylic acids is 8. The van der Waals surface area contributed by atoms with Gasteiger partial charge in [-0.1, -0.05) is 72.6 Å². The molecule has 22 nitrogen and oxygen atoms in total. The van der Waals surface area contributed by atoms with Gasteiger partial charge in [0.15, 0.2) is 49.9 Å². The summed E-state index contributed by atoms with van der Waals surface area (Å²) in [6, 6.07) is 1.16. The Morgan fingerprint density at radius 2 is 0.685 bits per heavy atom. The van der Waals surface area contributed by atoms with Crippen molar-refractivity contribution in [2.45, 2.75) is 256 Å². The van der Waals surface area contributed by atoms with Gasteiger partial charge in [0.25, 0.3) is 0 Å². The summed E-state index contributed by atoms with van der Waals surface area (Å²) in [5, 5.41) is 0. The van der Waals surface area contributed by atoms with Crippen molar-refractivity contribution in [2.75, 3.05) is 39.6 Å². The average Bonchev–Trinajstić information content (AvgIpc) is 1.69. The molecule has 0 aromatic carbocycles. The molecule has 0 spiro atoms. The Bertz CT molecular complexity index is 2250. The predicted molar refractivity (Wildman–Crippen MR) is 390 cm³/mol. The summed E-state index contributed by atoms with van der Waals surface area (Å²) in [7, 11) is -17.7. The highest BCUT2D eigenvalue weighted by molar-refractivity contribution is 6.91. The minimum absolute atomic E-state index is 0. The zero-order valence-electron chi connectivity index (χ0n) is 54.9. The molecule has 4 aliphatic rings. The molecule has 0 saturated carbocycles. The van der Waals surface area contributed by atoms with E-state index in [0.717, 1.165) is 12.2 Å². The number of hydrogen-bond acceptors (Lipinski definition) is 22. The minimum atomic E-state index is -3.11. The van der Waals surface area contributed by atoms with Crippen molar-refractivity contribution < 1.29 is 101 Å². The van der Waals surface area contributed by atoms with Crippen LogP contribution in [0.5, 0.6) is 0 Å². The molecule has 30 heteroatoms. The van der Waals surface area contributed by atoms with Gasteiger partial charge >= 0.3 is 65.4 Å². The normalized spacial score (nSPS) is 17.6. The minimum Gasteiger partial charge on any atom is -0.465 e. The van der Waals surface area contributed by atoms with Gasteiger partial charge < -0.3 is 62.6 Å². The number of hydrogen-bond donors (Lipinski definition) is 0. The highest BCUT2D eigenvalue weighted by atomic mass is 28.5. The highest BCUT2D eigenvalue weighted by Crippen LogP contribution is 2.48. The zero-order valence-corrected chi connectivity index (χ0v) is 62.9. The first-order chi connectivity index (χ1) is 37.7. The summed E-state index contributed by atoms with van der Waals surface area (Å²) < 4.78 is 79.7. The van der Waals surface area contributed by atoms with Gasteiger partial charge in [-0.15, -0.1) is 0 Å². The first-order valence-electron chi connectivity index (χ1n) is 28.4. The molecule has 4 aliphatic heterocycles. The van der Waals surface area contributed by atoms with Crippen LogP contribution in [-0.2, 0) is 101 Å². The van der Waals surface area contributed by atoms with E-state index in [1.807, 2.05) is 0 Å². The molecule has 4 unspecified atom stereocenters. The largest absolute Gasteiger partial charge is 0.469 e. The molecular weight excluding hydrogens is 1320 g/mol. The lowest BCUT2D eigenvalue weighted by Crippen LogP contribution is -2.60. The molecule has 0 amide bonds. The van der Waals surface area contributed by atoms with E-state index >= 15 is 0 Å². The summed E-state index contributed by atoms with van der Waals surface area (Å²) in [5.74, 6) is -7.36. The number of esters is 8. The molecule has 92 heavy (non-hydrogen) atoms. The molecule has 0 aromatic heterocycles. The quantitative estimate of drug-likeness (QED) is 0.0123. The molecule has 0 radical (unpaired) electrons. The van der Waals surface area contributed by atoms with E-state index in [-0.39, 0.29) is 96.8 Å². The Kier molecular flexibility index (Phi) is 48.4. The number of carbonyl (C=O) groups is 8. The SMILES string of the molecule is C.C.C.C.C.C.C.C.C=C(C)C(=O)OCC1CO1.C=C(C)C(=O)OCCC[Si](O[Si](C)(C)C)(O[Si](C)(C)C)O[Si](C)(C)C.CC(C)(C(=O)OCCC[Si](O[Si](C)(C)C)(O[Si](C)(C)C)O[Si](C)(C)C)C1C(=O)OC(=O)C1C(C)(C)C(=O)OCC1CO1.O=C1C=CC(=O)O1. The molecule has 4 heterocycles. The van der Waals surface area contributed by atoms with Gasteiger partial charge in [-0.05, 0) is 172 Å². The first kappa shape index (κ1) is 105. The van der Waals surface area contributed by atoms with Gasteiger partial charge in [-0.3, -0.25) is 19.2 Å². The lowest BCUT2D eigenvalue weighted by atomic mass is 9.64. The lowest BCUT2D eigenvalue weighted by molar-refractivity contribution is -0.168. The highest BCUT2D eigenvalue weighted by Gasteiger charge is 2.63. The van der Waals surface area contributed by atoms with Crippen molar-refractivity contribution in [2.24, 2.45) is 22.7 Å². The monoisotopic (exact) mass is 1450 g/mol. The summed E-state index contributed by atoms with van der Waals surface area (Å²) in [5.41, 5.74) is -2.04. The zero-order chi connectivity index (χ0) is 65.5. The van der Waals surface area contributed by atoms with Gasteiger partial charge in [-0.2, -0.15) is 0 Å². The standard InChI is InChI=1S/C27H52O11Si4.C16H38O5Si4.C7H10O3.C4H2O3.8CH4/c1-26(2,20-21(23(29)35-22(20)28)27(3,4)25(31)34-18-19-17-33-19)24(30)32-15-14-16-42(36-39(5,6)7,37-40(8,9)10)38-41(11,12)13;1-15(2)16(17)18-13-12-14-25(19-22(3,4)5,20-23(6,7)8)21-24(9,10)11;1-5(2)7(8)10-4-6-3-9-6;5-3-1-2-4(6)7-3;;;;;;;;/h19-21H,14-18H2,1-13H3;1,12-14H2,2-11H3;6H,1,3-4H2,2H3;1-2H;8*1H4. The second-order valence-electron chi connectivity index (χ2n) is 28.0. The molecule has 0 N–H and O–H groups in total. The lowest BCUT2D eigenvalue weighted by Gasteiger charge is -2.43. The fourth-order valence-electron chi connectivity index (χ4n) is 7.90. The summed E-state index contributed by atoms with van der Waals surface area (Å²) >= 11 is 0. The van der Waals surface area contributed by atoms with E-state index in [4.69, 9.17) is 57.8 Å². The topological polar surface area (TPSA) is 272 Å². The molecule has 3 saturated heterocycles. The number of ether oxygens (including phenoxy) is 8. The molecule has 4 rings (SSSR count). The summed E-state index contributed by atoms with van der Waals surface area (Å²) in [6.07, 6.45) is 3.26. The second kappa shape index (κ2) is 42.5. The van der Waals surface area contributed by atoms with Crippen LogP contribution in [0.25, 0.3) is 0 Å². The van der Waals surface area contributed by atoms with Crippen molar-refractivity contribution in [3.8, 4) is 0 Å². The van der Waals surface area contributed by atoms with Crippen molar-refractivity contribution in [3.63, 3.8) is 0 Å². The third-order valence-electron chi connectivity index (χ3n) is 11.0. The molecule has 4 atom stereocenters. The third-order valence-corrected chi connectivity index (χ3v) is 35.1. The maximum Gasteiger partial charge on any atom is 0.469 e. The summed E-state index contributed by atoms with van der Waals surface area (Å²) in [6.45, 7) is 56.8. The Labute approximate surface area is 567 Å². The van der Waals surface area contributed by atoms with E-state index in [1.165, 1.54) is 27.7 Å². The van der Waals surface area contributed by atoms with E-state index in [1.54, 1.807) is 13.8 Å². The Hall–Kier alpha value is -3.20. The number of rotatable bonds is 30. The van der Waals surface area contributed by atoms with Crippen LogP contribution in [0.3, 0.4) is 0 Å². The van der Waals surface area contributed by atoms with Gasteiger partial charge in [0.2, 0.25) is 0 Å². The maximum absolute atomic E-state index is 13.4. The molecule has 3 fully saturated rings. The van der Waals surface area contributed by atoms with Crippen LogP contribution in [0.2, 0.25) is 130 Å². The number of cyclic esters (lactones) is 4. The van der Waals surface area contributed by atoms with Crippen molar-refractivity contribution in [1.82, 2.24) is 0 Å². The van der Waals surface area contributed by atoms with Crippen molar-refractivity contribution in [3.05, 3.63) is 36.5 Å². The Morgan fingerprint density at radius 3 is 0.924 bits per heavy atom. The Morgan fingerprint density at radius 1 is 0.435 bits per heavy atom. The van der Waals surface area contributed by atoms with Gasteiger partial charge in [0, 0.05) is 35.4 Å². The third kappa shape index (κ3) is 43.1. The number of epoxide rings is 2. The fourth-order valence-corrected chi connectivity index (χ4v) is 37.1. The van der Waals surface area contributed by atoms with Crippen LogP contribution in [0.4, 0.5) is 0 Å². The van der Waals surface area contributed by atoms with Gasteiger partial charge in [-0.25, -0.2) is 19.2 Å². The van der Waals surface area contributed by atoms with Crippen molar-refractivity contribution >= 4 is 115 Å². The van der Waals surface area contributed by atoms with E-state index in [0.29, 0.717) is 62.5 Å². The molecule has 0 aromatic rings. The predicted octanol–water partition coefficient (Wildman–Crippen LogP) is 14.9. The first-order valence-corrected chi connectivity index (χ1v) is 52.7. The Balaban J connectivity index is -0.000000199. The van der Waals surface area contributed by atoms with E-state index in [9.17, 15) is 38.4 Å². The average molecular weight is 1460 g/mol. The van der Waals surface area contributed by atoms with Crippen LogP contribution in [0.15, 0.2) is 36.5 Å². The van der Waals surface area contributed by atoms with E-state index < -0.39 is 126 Å². The van der Waals surface area contributed by atoms with Crippen molar-refractivity contribution in [1.29, 1.82) is 0 Å². The van der Waals surface area contributed by atoms with Gasteiger partial charge in [0.05, 0.1) is 49.1 Å². The maximum atomic E-state index is 13.4. The van der Waals surface area contributed by atoms with Crippen LogP contribution in [0.1, 0.15) is 114 Å². The summed E-state index contributed by atoms with van der Waals surface area (Å²) in [4.78, 5) is 94.2. The molecular formula is C62H134O22Si8. The van der Waals surface area contributed by atoms with Crippen LogP contribution < -0.4 is 0 Å². The molecule has 546 valence electrons. The van der Waals surface area contributed by atoms with Crippen LogP contribution in [0, 0.1) is 22.7 Å². The smallest absolute Gasteiger partial charge is 0.465 e. The second-order valence-corrected chi connectivity index (χ2v) is 62.0. The van der Waals surface area contributed by atoms with Crippen LogP contribution in [-0.4, -0.2) is 167 Å². The van der Waals surface area contributed by atoms with Crippen LogP contribution >= 0.6 is 0 Å². The fraction of sp³-hybridized carbons (Fsp3) is 0.774. The molecule has 0 aliphatic carbocycles. The molecule has 0 bridgehead atoms. The van der Waals surface area contributed by atoms with E-state index in [2.05, 4.69) is 136 Å². The van der Waals surface area contributed by atoms with Gasteiger partial charge in [0.1, 0.15) is 25.4 Å².